The van der Waals surface area contributed by atoms with Crippen LogP contribution >= 0.6 is 11.3 Å². The van der Waals surface area contributed by atoms with Crippen molar-refractivity contribution in [2.75, 3.05) is 26.2 Å². The van der Waals surface area contributed by atoms with E-state index in [2.05, 4.69) is 25.9 Å². The summed E-state index contributed by atoms with van der Waals surface area (Å²) in [7, 11) is 0. The normalized spacial score (nSPS) is 15.4. The first-order valence-corrected chi connectivity index (χ1v) is 9.99. The predicted octanol–water partition coefficient (Wildman–Crippen LogP) is 2.97. The fraction of sp³-hybridized carbons (Fsp3) is 0.400. The fourth-order valence-corrected chi connectivity index (χ4v) is 4.93. The lowest BCUT2D eigenvalue weighted by molar-refractivity contribution is 0.0632. The minimum absolute atomic E-state index is 0.119. The van der Waals surface area contributed by atoms with E-state index in [0.717, 1.165) is 64.9 Å². The maximum absolute atomic E-state index is 13.1. The predicted molar refractivity (Wildman–Crippen MR) is 107 cm³/mol. The standard InChI is InChI=1S/C20H23N5OS/c1-13-17-14(2)22-15(3)23-19(17)27-18(13)20(26)25-9-7-24(8-10-25)12-16-5-4-6-21-11-16/h4-6,11H,7-10,12H2,1-3H3. The summed E-state index contributed by atoms with van der Waals surface area (Å²) in [6.07, 6.45) is 3.70. The number of thiophene rings is 1. The lowest BCUT2D eigenvalue weighted by atomic mass is 10.1. The summed E-state index contributed by atoms with van der Waals surface area (Å²) in [5, 5.41) is 1.03. The van der Waals surface area contributed by atoms with Crippen molar-refractivity contribution in [3.63, 3.8) is 0 Å². The van der Waals surface area contributed by atoms with Crippen LogP contribution in [-0.2, 0) is 6.54 Å². The number of rotatable bonds is 3. The van der Waals surface area contributed by atoms with Gasteiger partial charge in [0.1, 0.15) is 10.7 Å². The number of pyridine rings is 1. The third-order valence-electron chi connectivity index (χ3n) is 5.07. The molecule has 4 heterocycles. The first-order valence-electron chi connectivity index (χ1n) is 9.18. The maximum Gasteiger partial charge on any atom is 0.264 e. The molecule has 0 N–H and O–H groups in total. The second kappa shape index (κ2) is 7.32. The molecule has 1 saturated heterocycles. The summed E-state index contributed by atoms with van der Waals surface area (Å²) < 4.78 is 0. The minimum atomic E-state index is 0.119. The van der Waals surface area contributed by atoms with Crippen molar-refractivity contribution < 1.29 is 4.79 Å². The fourth-order valence-electron chi connectivity index (χ4n) is 3.68. The van der Waals surface area contributed by atoms with E-state index in [1.165, 1.54) is 16.9 Å². The Morgan fingerprint density at radius 2 is 1.93 bits per heavy atom. The smallest absolute Gasteiger partial charge is 0.264 e. The Kier molecular flexibility index (Phi) is 4.88. The van der Waals surface area contributed by atoms with Gasteiger partial charge in [0.05, 0.1) is 4.88 Å². The second-order valence-corrected chi connectivity index (χ2v) is 8.02. The van der Waals surface area contributed by atoms with Crippen LogP contribution in [0, 0.1) is 20.8 Å². The molecule has 0 atom stereocenters. The lowest BCUT2D eigenvalue weighted by Crippen LogP contribution is -2.48. The lowest BCUT2D eigenvalue weighted by Gasteiger charge is -2.34. The molecule has 1 aliphatic heterocycles. The van der Waals surface area contributed by atoms with E-state index in [0.29, 0.717) is 0 Å². The van der Waals surface area contributed by atoms with Crippen LogP contribution in [-0.4, -0.2) is 56.8 Å². The van der Waals surface area contributed by atoms with E-state index in [-0.39, 0.29) is 5.91 Å². The molecule has 27 heavy (non-hydrogen) atoms. The third kappa shape index (κ3) is 3.57. The first-order chi connectivity index (χ1) is 13.0. The van der Waals surface area contributed by atoms with Crippen molar-refractivity contribution in [3.05, 3.63) is 52.0 Å². The average Bonchev–Trinajstić information content (AvgIpc) is 2.99. The minimum Gasteiger partial charge on any atom is -0.335 e. The van der Waals surface area contributed by atoms with E-state index in [1.54, 1.807) is 6.20 Å². The summed E-state index contributed by atoms with van der Waals surface area (Å²) in [6, 6.07) is 4.06. The largest absolute Gasteiger partial charge is 0.335 e. The van der Waals surface area contributed by atoms with Gasteiger partial charge < -0.3 is 4.90 Å². The van der Waals surface area contributed by atoms with Crippen LogP contribution in [0.3, 0.4) is 0 Å². The van der Waals surface area contributed by atoms with Gasteiger partial charge in [-0.15, -0.1) is 11.3 Å². The summed E-state index contributed by atoms with van der Waals surface area (Å²) in [4.78, 5) is 32.3. The molecule has 0 aromatic carbocycles. The molecule has 0 saturated carbocycles. The molecule has 0 radical (unpaired) electrons. The number of aromatic nitrogens is 3. The molecule has 6 nitrogen and oxygen atoms in total. The van der Waals surface area contributed by atoms with Gasteiger partial charge in [-0.3, -0.25) is 14.7 Å². The summed E-state index contributed by atoms with van der Waals surface area (Å²) in [6.45, 7) is 10.0. The molecule has 3 aromatic rings. The summed E-state index contributed by atoms with van der Waals surface area (Å²) >= 11 is 1.49. The Morgan fingerprint density at radius 1 is 1.15 bits per heavy atom. The van der Waals surface area contributed by atoms with Gasteiger partial charge in [-0.2, -0.15) is 0 Å². The Labute approximate surface area is 162 Å². The zero-order valence-corrected chi connectivity index (χ0v) is 16.7. The van der Waals surface area contributed by atoms with Crippen molar-refractivity contribution in [1.29, 1.82) is 0 Å². The Morgan fingerprint density at radius 3 is 2.63 bits per heavy atom. The van der Waals surface area contributed by atoms with Gasteiger partial charge in [0.25, 0.3) is 5.91 Å². The average molecular weight is 382 g/mol. The van der Waals surface area contributed by atoms with E-state index in [1.807, 2.05) is 37.9 Å². The number of carbonyl (C=O) groups is 1. The molecule has 0 bridgehead atoms. The monoisotopic (exact) mass is 381 g/mol. The number of piperazine rings is 1. The number of carbonyl (C=O) groups excluding carboxylic acids is 1. The van der Waals surface area contributed by atoms with Crippen LogP contribution in [0.5, 0.6) is 0 Å². The molecule has 0 aliphatic carbocycles. The molecule has 0 spiro atoms. The quantitative estimate of drug-likeness (QED) is 0.698. The number of hydrogen-bond acceptors (Lipinski definition) is 6. The van der Waals surface area contributed by atoms with Gasteiger partial charge >= 0.3 is 0 Å². The van der Waals surface area contributed by atoms with E-state index in [4.69, 9.17) is 0 Å². The van der Waals surface area contributed by atoms with Crippen molar-refractivity contribution in [2.24, 2.45) is 0 Å². The molecule has 1 aliphatic rings. The molecule has 7 heteroatoms. The van der Waals surface area contributed by atoms with Crippen molar-refractivity contribution in [2.45, 2.75) is 27.3 Å². The highest BCUT2D eigenvalue weighted by Crippen LogP contribution is 2.32. The SMILES string of the molecule is Cc1nc(C)c2c(C)c(C(=O)N3CCN(Cc4cccnc4)CC3)sc2n1. The van der Waals surface area contributed by atoms with Crippen molar-refractivity contribution in [3.8, 4) is 0 Å². The molecule has 140 valence electrons. The first kappa shape index (κ1) is 18.0. The highest BCUT2D eigenvalue weighted by molar-refractivity contribution is 7.20. The van der Waals surface area contributed by atoms with E-state index < -0.39 is 0 Å². The van der Waals surface area contributed by atoms with Crippen LogP contribution in [0.2, 0.25) is 0 Å². The zero-order chi connectivity index (χ0) is 19.0. The highest BCUT2D eigenvalue weighted by atomic mass is 32.1. The number of aryl methyl sites for hydroxylation is 3. The van der Waals surface area contributed by atoms with E-state index >= 15 is 0 Å². The van der Waals surface area contributed by atoms with Gasteiger partial charge in [-0.1, -0.05) is 6.07 Å². The van der Waals surface area contributed by atoms with Crippen LogP contribution < -0.4 is 0 Å². The van der Waals surface area contributed by atoms with Gasteiger partial charge in [0.15, 0.2) is 0 Å². The molecule has 1 amide bonds. The number of amides is 1. The van der Waals surface area contributed by atoms with Crippen LogP contribution in [0.25, 0.3) is 10.2 Å². The molecule has 0 unspecified atom stereocenters. The highest BCUT2D eigenvalue weighted by Gasteiger charge is 2.26. The molecular weight excluding hydrogens is 358 g/mol. The third-order valence-corrected chi connectivity index (χ3v) is 6.24. The Bertz CT molecular complexity index is 977. The van der Waals surface area contributed by atoms with Crippen LogP contribution in [0.4, 0.5) is 0 Å². The van der Waals surface area contributed by atoms with Gasteiger partial charge in [-0.05, 0) is 38.0 Å². The molecule has 4 rings (SSSR count). The second-order valence-electron chi connectivity index (χ2n) is 7.02. The van der Waals surface area contributed by atoms with Crippen LogP contribution in [0.1, 0.15) is 32.3 Å². The van der Waals surface area contributed by atoms with Gasteiger partial charge in [0.2, 0.25) is 0 Å². The molecular formula is C20H23N5OS. The van der Waals surface area contributed by atoms with Crippen molar-refractivity contribution >= 4 is 27.5 Å². The molecule has 3 aromatic heterocycles. The van der Waals surface area contributed by atoms with E-state index in [9.17, 15) is 4.79 Å². The topological polar surface area (TPSA) is 62.2 Å². The number of fused-ring (bicyclic) bond motifs is 1. The molecule has 1 fully saturated rings. The summed E-state index contributed by atoms with van der Waals surface area (Å²) in [5.74, 6) is 0.873. The summed E-state index contributed by atoms with van der Waals surface area (Å²) in [5.41, 5.74) is 3.17. The maximum atomic E-state index is 13.1. The van der Waals surface area contributed by atoms with Crippen LogP contribution in [0.15, 0.2) is 24.5 Å². The number of hydrogen-bond donors (Lipinski definition) is 0. The van der Waals surface area contributed by atoms with Gasteiger partial charge in [-0.25, -0.2) is 9.97 Å². The zero-order valence-electron chi connectivity index (χ0n) is 15.9. The Hall–Kier alpha value is -2.38. The number of nitrogens with zero attached hydrogens (tertiary/aromatic N) is 5. The van der Waals surface area contributed by atoms with Crippen molar-refractivity contribution in [1.82, 2.24) is 24.8 Å². The Balaban J connectivity index is 1.47. The van der Waals surface area contributed by atoms with Gasteiger partial charge in [0, 0.05) is 56.2 Å².